The van der Waals surface area contributed by atoms with Crippen LogP contribution in [0.2, 0.25) is 0 Å². The van der Waals surface area contributed by atoms with E-state index < -0.39 is 17.9 Å². The molecule has 7 heteroatoms. The van der Waals surface area contributed by atoms with Gasteiger partial charge in [0.2, 0.25) is 5.91 Å². The third kappa shape index (κ3) is 2.98. The number of carboxylic acid groups (broad SMARTS) is 1. The molecule has 1 atom stereocenters. The number of hydrogen-bond acceptors (Lipinski definition) is 4. The summed E-state index contributed by atoms with van der Waals surface area (Å²) in [6.45, 7) is -0.158. The van der Waals surface area contributed by atoms with E-state index in [-0.39, 0.29) is 30.9 Å². The van der Waals surface area contributed by atoms with Gasteiger partial charge >= 0.3 is 5.97 Å². The van der Waals surface area contributed by atoms with Crippen LogP contribution in [0.5, 0.6) is 5.75 Å². The van der Waals surface area contributed by atoms with Crippen LogP contribution in [0, 0.1) is 0 Å². The zero-order chi connectivity index (χ0) is 14.9. The van der Waals surface area contributed by atoms with Crippen LogP contribution in [0.1, 0.15) is 12.0 Å². The summed E-state index contributed by atoms with van der Waals surface area (Å²) in [6, 6.07) is 3.53. The summed E-state index contributed by atoms with van der Waals surface area (Å²) < 4.78 is 0.447. The SMILES string of the molecule is O=C1CC(=O)N([C@@H](Cc2ccc(O)c(Br)c2)C(=O)O)C1. The van der Waals surface area contributed by atoms with Crippen LogP contribution in [0.3, 0.4) is 0 Å². The molecule has 20 heavy (non-hydrogen) atoms. The van der Waals surface area contributed by atoms with E-state index in [4.69, 9.17) is 0 Å². The Bertz CT molecular complexity index is 586. The van der Waals surface area contributed by atoms with Gasteiger partial charge in [-0.3, -0.25) is 9.59 Å². The molecule has 0 radical (unpaired) electrons. The Morgan fingerprint density at radius 1 is 1.40 bits per heavy atom. The molecular weight excluding hydrogens is 330 g/mol. The molecule has 2 N–H and O–H groups in total. The number of phenolic OH excluding ortho intramolecular Hbond substituents is 1. The fourth-order valence-corrected chi connectivity index (χ4v) is 2.55. The number of carbonyl (C=O) groups excluding carboxylic acids is 2. The first-order valence-electron chi connectivity index (χ1n) is 5.90. The summed E-state index contributed by atoms with van der Waals surface area (Å²) in [5.74, 6) is -1.83. The molecule has 1 aliphatic rings. The van der Waals surface area contributed by atoms with Crippen LogP contribution < -0.4 is 0 Å². The molecule has 1 aromatic carbocycles. The monoisotopic (exact) mass is 341 g/mol. The number of Topliss-reactive ketones (excluding diaryl/α,β-unsaturated/α-hetero) is 1. The van der Waals surface area contributed by atoms with Gasteiger partial charge in [0, 0.05) is 6.42 Å². The Morgan fingerprint density at radius 2 is 2.10 bits per heavy atom. The highest BCUT2D eigenvalue weighted by molar-refractivity contribution is 9.10. The molecule has 6 nitrogen and oxygen atoms in total. The lowest BCUT2D eigenvalue weighted by Gasteiger charge is -2.23. The normalized spacial score (nSPS) is 16.6. The van der Waals surface area contributed by atoms with Crippen molar-refractivity contribution < 1.29 is 24.6 Å². The van der Waals surface area contributed by atoms with Crippen molar-refractivity contribution in [1.82, 2.24) is 4.90 Å². The highest BCUT2D eigenvalue weighted by Gasteiger charge is 2.36. The van der Waals surface area contributed by atoms with Gasteiger partial charge in [-0.25, -0.2) is 4.79 Å². The van der Waals surface area contributed by atoms with Crippen molar-refractivity contribution in [2.75, 3.05) is 6.54 Å². The van der Waals surface area contributed by atoms with Crippen LogP contribution in [0.25, 0.3) is 0 Å². The first kappa shape index (κ1) is 14.5. The Kier molecular flexibility index (Phi) is 4.08. The van der Waals surface area contributed by atoms with E-state index in [1.165, 1.54) is 6.07 Å². The van der Waals surface area contributed by atoms with Gasteiger partial charge in [0.25, 0.3) is 0 Å². The molecule has 1 heterocycles. The number of halogens is 1. The zero-order valence-corrected chi connectivity index (χ0v) is 12.0. The average molecular weight is 342 g/mol. The van der Waals surface area contributed by atoms with E-state index in [2.05, 4.69) is 15.9 Å². The van der Waals surface area contributed by atoms with E-state index in [0.29, 0.717) is 10.0 Å². The van der Waals surface area contributed by atoms with Crippen LogP contribution in [-0.4, -0.2) is 45.4 Å². The van der Waals surface area contributed by atoms with Gasteiger partial charge in [0.15, 0.2) is 5.78 Å². The maximum Gasteiger partial charge on any atom is 0.326 e. The lowest BCUT2D eigenvalue weighted by atomic mass is 10.0. The minimum Gasteiger partial charge on any atom is -0.507 e. The quantitative estimate of drug-likeness (QED) is 0.795. The van der Waals surface area contributed by atoms with Crippen LogP contribution >= 0.6 is 15.9 Å². The largest absolute Gasteiger partial charge is 0.507 e. The Balaban J connectivity index is 2.21. The maximum atomic E-state index is 11.6. The molecule has 106 valence electrons. The maximum absolute atomic E-state index is 11.6. The van der Waals surface area contributed by atoms with Gasteiger partial charge in [-0.15, -0.1) is 0 Å². The molecule has 0 aliphatic carbocycles. The molecule has 0 unspecified atom stereocenters. The molecule has 0 spiro atoms. The van der Waals surface area contributed by atoms with Crippen molar-refractivity contribution in [1.29, 1.82) is 0 Å². The van der Waals surface area contributed by atoms with Crippen molar-refractivity contribution in [3.05, 3.63) is 28.2 Å². The number of amides is 1. The topological polar surface area (TPSA) is 94.9 Å². The molecular formula is C13H12BrNO5. The van der Waals surface area contributed by atoms with E-state index >= 15 is 0 Å². The first-order chi connectivity index (χ1) is 9.38. The summed E-state index contributed by atoms with van der Waals surface area (Å²) in [4.78, 5) is 35.3. The number of nitrogens with zero attached hydrogens (tertiary/aromatic N) is 1. The van der Waals surface area contributed by atoms with E-state index in [1.807, 2.05) is 0 Å². The Morgan fingerprint density at radius 3 is 2.60 bits per heavy atom. The predicted molar refractivity (Wildman–Crippen MR) is 72.3 cm³/mol. The molecule has 1 fully saturated rings. The van der Waals surface area contributed by atoms with Crippen LogP contribution in [0.4, 0.5) is 0 Å². The summed E-state index contributed by atoms with van der Waals surface area (Å²) in [5.41, 5.74) is 0.647. The predicted octanol–water partition coefficient (Wildman–Crippen LogP) is 0.952. The Labute approximate surface area is 123 Å². The first-order valence-corrected chi connectivity index (χ1v) is 6.69. The lowest BCUT2D eigenvalue weighted by Crippen LogP contribution is -2.43. The number of aromatic hydroxyl groups is 1. The van der Waals surface area contributed by atoms with Gasteiger partial charge < -0.3 is 15.1 Å². The molecule has 1 saturated heterocycles. The van der Waals surface area contributed by atoms with E-state index in [9.17, 15) is 24.6 Å². The second-order valence-electron chi connectivity index (χ2n) is 4.58. The van der Waals surface area contributed by atoms with Gasteiger partial charge in [-0.2, -0.15) is 0 Å². The second-order valence-corrected chi connectivity index (χ2v) is 5.44. The molecule has 2 rings (SSSR count). The molecule has 0 saturated carbocycles. The highest BCUT2D eigenvalue weighted by atomic mass is 79.9. The molecule has 0 bridgehead atoms. The van der Waals surface area contributed by atoms with Gasteiger partial charge in [0.05, 0.1) is 17.4 Å². The highest BCUT2D eigenvalue weighted by Crippen LogP contribution is 2.25. The standard InChI is InChI=1S/C13H12BrNO5/c14-9-3-7(1-2-11(9)17)4-10(13(19)20)15-6-8(16)5-12(15)18/h1-3,10,17H,4-6H2,(H,19,20)/t10-/m0/s1. The average Bonchev–Trinajstić information content (AvgIpc) is 2.69. The second kappa shape index (κ2) is 5.62. The third-order valence-electron chi connectivity index (χ3n) is 3.12. The number of benzene rings is 1. The van der Waals surface area contributed by atoms with Crippen molar-refractivity contribution >= 4 is 33.6 Å². The van der Waals surface area contributed by atoms with Crippen molar-refractivity contribution in [3.8, 4) is 5.75 Å². The van der Waals surface area contributed by atoms with Crippen molar-refractivity contribution in [2.24, 2.45) is 0 Å². The fraction of sp³-hybridized carbons (Fsp3) is 0.308. The molecule has 1 amide bonds. The van der Waals surface area contributed by atoms with Crippen LogP contribution in [-0.2, 0) is 20.8 Å². The molecule has 1 aliphatic heterocycles. The number of hydrogen-bond donors (Lipinski definition) is 2. The van der Waals surface area contributed by atoms with E-state index in [0.717, 1.165) is 4.90 Å². The third-order valence-corrected chi connectivity index (χ3v) is 3.75. The minimum absolute atomic E-state index is 0.0491. The number of ketones is 1. The lowest BCUT2D eigenvalue weighted by molar-refractivity contribution is -0.148. The smallest absolute Gasteiger partial charge is 0.326 e. The summed E-state index contributed by atoms with van der Waals surface area (Å²) >= 11 is 3.15. The summed E-state index contributed by atoms with van der Waals surface area (Å²) in [6.07, 6.45) is -0.156. The number of phenols is 1. The zero-order valence-electron chi connectivity index (χ0n) is 10.4. The number of carboxylic acids is 1. The molecule has 0 aromatic heterocycles. The van der Waals surface area contributed by atoms with Gasteiger partial charge in [-0.05, 0) is 33.6 Å². The summed E-state index contributed by atoms with van der Waals surface area (Å²) in [7, 11) is 0. The fourth-order valence-electron chi connectivity index (χ4n) is 2.12. The van der Waals surface area contributed by atoms with Crippen molar-refractivity contribution in [3.63, 3.8) is 0 Å². The number of aliphatic carboxylic acids is 1. The molecule has 1 aromatic rings. The number of rotatable bonds is 4. The Hall–Kier alpha value is -1.89. The minimum atomic E-state index is -1.16. The van der Waals surface area contributed by atoms with Crippen LogP contribution in [0.15, 0.2) is 22.7 Å². The number of carbonyl (C=O) groups is 3. The van der Waals surface area contributed by atoms with E-state index in [1.54, 1.807) is 12.1 Å². The van der Waals surface area contributed by atoms with Crippen molar-refractivity contribution in [2.45, 2.75) is 18.9 Å². The van der Waals surface area contributed by atoms with Gasteiger partial charge in [-0.1, -0.05) is 6.07 Å². The number of likely N-dealkylation sites (tertiary alicyclic amines) is 1. The summed E-state index contributed by atoms with van der Waals surface area (Å²) in [5, 5.41) is 18.7. The van der Waals surface area contributed by atoms with Gasteiger partial charge in [0.1, 0.15) is 11.8 Å².